The fourth-order valence-corrected chi connectivity index (χ4v) is 6.15. The van der Waals surface area contributed by atoms with Crippen molar-refractivity contribution in [3.63, 3.8) is 0 Å². The molecule has 3 heterocycles. The molecule has 7 nitrogen and oxygen atoms in total. The lowest BCUT2D eigenvalue weighted by Crippen LogP contribution is -2.29. The molecule has 0 aliphatic carbocycles. The summed E-state index contributed by atoms with van der Waals surface area (Å²) in [6.45, 7) is 6.45. The van der Waals surface area contributed by atoms with Gasteiger partial charge in [-0.3, -0.25) is 9.71 Å². The third-order valence-electron chi connectivity index (χ3n) is 6.86. The van der Waals surface area contributed by atoms with E-state index in [1.807, 2.05) is 48.5 Å². The number of para-hydroxylation sites is 1. The molecular weight excluding hydrogens is 502 g/mol. The van der Waals surface area contributed by atoms with Crippen molar-refractivity contribution >= 4 is 38.7 Å². The smallest absolute Gasteiger partial charge is 0.229 e. The normalized spacial score (nSPS) is 17.6. The Balaban J connectivity index is 1.66. The summed E-state index contributed by atoms with van der Waals surface area (Å²) >= 11 is 5.89. The zero-order valence-electron chi connectivity index (χ0n) is 21.1. The van der Waals surface area contributed by atoms with Crippen LogP contribution in [0, 0.1) is 20.8 Å². The summed E-state index contributed by atoms with van der Waals surface area (Å²) in [5.74, 6) is 0. The number of anilines is 2. The minimum atomic E-state index is -3.37. The molecule has 0 saturated carbocycles. The van der Waals surface area contributed by atoms with Crippen molar-refractivity contribution in [2.24, 2.45) is 0 Å². The second-order valence-corrected chi connectivity index (χ2v) is 11.4. The highest BCUT2D eigenvalue weighted by atomic mass is 32.2. The van der Waals surface area contributed by atoms with E-state index in [4.69, 9.17) is 12.2 Å². The van der Waals surface area contributed by atoms with Crippen LogP contribution in [0.5, 0.6) is 0 Å². The number of hydrogen-bond acceptors (Lipinski definition) is 4. The molecule has 5 rings (SSSR count). The maximum atomic E-state index is 11.7. The molecule has 1 fully saturated rings. The lowest BCUT2D eigenvalue weighted by atomic mass is 9.93. The maximum absolute atomic E-state index is 11.7. The molecule has 1 aliphatic heterocycles. The van der Waals surface area contributed by atoms with Crippen molar-refractivity contribution in [3.8, 4) is 5.69 Å². The quantitative estimate of drug-likeness (QED) is 0.327. The predicted molar refractivity (Wildman–Crippen MR) is 153 cm³/mol. The van der Waals surface area contributed by atoms with Gasteiger partial charge in [-0.15, -0.1) is 0 Å². The van der Waals surface area contributed by atoms with Crippen LogP contribution < -0.4 is 14.9 Å². The fraction of sp³-hybridized carbons (Fsp3) is 0.214. The number of nitrogens with one attached hydrogen (secondary N) is 2. The summed E-state index contributed by atoms with van der Waals surface area (Å²) in [7, 11) is -3.37. The van der Waals surface area contributed by atoms with Crippen molar-refractivity contribution in [1.82, 2.24) is 14.9 Å². The number of thiocarbonyl (C=S) groups is 1. The van der Waals surface area contributed by atoms with Crippen molar-refractivity contribution in [2.45, 2.75) is 32.9 Å². The molecule has 1 saturated heterocycles. The number of benzene rings is 2. The highest BCUT2D eigenvalue weighted by Crippen LogP contribution is 2.45. The van der Waals surface area contributed by atoms with Crippen LogP contribution in [-0.4, -0.2) is 29.3 Å². The largest absolute Gasteiger partial charge is 0.351 e. The molecule has 37 heavy (non-hydrogen) atoms. The molecule has 2 aromatic carbocycles. The van der Waals surface area contributed by atoms with Crippen molar-refractivity contribution in [1.29, 1.82) is 0 Å². The monoisotopic (exact) mass is 531 g/mol. The van der Waals surface area contributed by atoms with Gasteiger partial charge in [0.1, 0.15) is 0 Å². The van der Waals surface area contributed by atoms with Gasteiger partial charge in [-0.1, -0.05) is 24.3 Å². The van der Waals surface area contributed by atoms with Gasteiger partial charge in [-0.2, -0.15) is 0 Å². The molecular formula is C28H29N5O2S2. The Kier molecular flexibility index (Phi) is 6.51. The SMILES string of the molecule is Cc1c(C2C(c3ccccn3)NC(=S)N2c2ccc(NS(C)(=O)=O)cc2)c(C)n(-c2ccccc2)c1C. The second-order valence-electron chi connectivity index (χ2n) is 9.30. The van der Waals surface area contributed by atoms with E-state index >= 15 is 0 Å². The highest BCUT2D eigenvalue weighted by molar-refractivity contribution is 7.92. The van der Waals surface area contributed by atoms with E-state index in [2.05, 4.69) is 57.4 Å². The van der Waals surface area contributed by atoms with Crippen LogP contribution in [-0.2, 0) is 10.0 Å². The summed E-state index contributed by atoms with van der Waals surface area (Å²) in [5.41, 5.74) is 8.06. The van der Waals surface area contributed by atoms with E-state index < -0.39 is 10.0 Å². The van der Waals surface area contributed by atoms with E-state index in [1.165, 1.54) is 16.8 Å². The minimum absolute atomic E-state index is 0.167. The molecule has 2 atom stereocenters. The minimum Gasteiger partial charge on any atom is -0.351 e. The standard InChI is InChI=1S/C28H29N5O2S2/c1-18-19(2)32(22-10-6-5-7-11-22)20(3)25(18)27-26(24-12-8-9-17-29-24)30-28(36)33(27)23-15-13-21(14-16-23)31-37(4,34)35/h5-17,26-27,31H,1-4H3,(H,30,36). The molecule has 2 N–H and O–H groups in total. The Morgan fingerprint density at radius 3 is 2.19 bits per heavy atom. The van der Waals surface area contributed by atoms with E-state index in [0.717, 1.165) is 29.0 Å². The average Bonchev–Trinajstić information content (AvgIpc) is 3.32. The molecule has 2 unspecified atom stereocenters. The van der Waals surface area contributed by atoms with E-state index in [9.17, 15) is 8.42 Å². The number of hydrogen-bond donors (Lipinski definition) is 2. The molecule has 0 radical (unpaired) electrons. The maximum Gasteiger partial charge on any atom is 0.229 e. The van der Waals surface area contributed by atoms with Gasteiger partial charge >= 0.3 is 0 Å². The summed E-state index contributed by atoms with van der Waals surface area (Å²) in [6.07, 6.45) is 2.94. The van der Waals surface area contributed by atoms with Crippen LogP contribution >= 0.6 is 12.2 Å². The Morgan fingerprint density at radius 1 is 0.892 bits per heavy atom. The van der Waals surface area contributed by atoms with Crippen molar-refractivity contribution < 1.29 is 8.42 Å². The van der Waals surface area contributed by atoms with Gasteiger partial charge in [0, 0.05) is 40.2 Å². The number of pyridine rings is 1. The zero-order chi connectivity index (χ0) is 26.3. The van der Waals surface area contributed by atoms with E-state index in [-0.39, 0.29) is 12.1 Å². The van der Waals surface area contributed by atoms with E-state index in [1.54, 1.807) is 18.3 Å². The van der Waals surface area contributed by atoms with Gasteiger partial charge < -0.3 is 14.8 Å². The first-order chi connectivity index (χ1) is 17.7. The fourth-order valence-electron chi connectivity index (χ4n) is 5.24. The number of rotatable bonds is 6. The molecule has 0 spiro atoms. The van der Waals surface area contributed by atoms with Crippen molar-refractivity contribution in [3.05, 3.63) is 107 Å². The zero-order valence-corrected chi connectivity index (χ0v) is 22.8. The molecule has 0 bridgehead atoms. The van der Waals surface area contributed by atoms with Crippen LogP contribution in [0.15, 0.2) is 79.0 Å². The Morgan fingerprint density at radius 2 is 1.57 bits per heavy atom. The lowest BCUT2D eigenvalue weighted by Gasteiger charge is -2.29. The lowest BCUT2D eigenvalue weighted by molar-refractivity contribution is 0.563. The van der Waals surface area contributed by atoms with Crippen LogP contribution in [0.2, 0.25) is 0 Å². The molecule has 9 heteroatoms. The Labute approximate surface area is 223 Å². The summed E-state index contributed by atoms with van der Waals surface area (Å²) in [5, 5.41) is 4.11. The summed E-state index contributed by atoms with van der Waals surface area (Å²) in [6, 6.07) is 23.2. The highest BCUT2D eigenvalue weighted by Gasteiger charge is 2.43. The van der Waals surface area contributed by atoms with Gasteiger partial charge in [-0.25, -0.2) is 8.42 Å². The first-order valence-electron chi connectivity index (χ1n) is 12.0. The van der Waals surface area contributed by atoms with Crippen LogP contribution in [0.3, 0.4) is 0 Å². The third kappa shape index (κ3) is 4.72. The summed E-state index contributed by atoms with van der Waals surface area (Å²) in [4.78, 5) is 6.78. The molecule has 0 amide bonds. The first-order valence-corrected chi connectivity index (χ1v) is 14.3. The molecule has 4 aromatic rings. The van der Waals surface area contributed by atoms with Gasteiger partial charge in [0.2, 0.25) is 10.0 Å². The average molecular weight is 532 g/mol. The van der Waals surface area contributed by atoms with E-state index in [0.29, 0.717) is 10.8 Å². The van der Waals surface area contributed by atoms with Crippen molar-refractivity contribution in [2.75, 3.05) is 15.9 Å². The topological polar surface area (TPSA) is 79.3 Å². The predicted octanol–water partition coefficient (Wildman–Crippen LogP) is 5.35. The van der Waals surface area contributed by atoms with Gasteiger partial charge in [0.25, 0.3) is 0 Å². The van der Waals surface area contributed by atoms with Gasteiger partial charge in [0.05, 0.1) is 24.0 Å². The van der Waals surface area contributed by atoms with Crippen LogP contribution in [0.25, 0.3) is 5.69 Å². The van der Waals surface area contributed by atoms with Gasteiger partial charge in [0.15, 0.2) is 5.11 Å². The van der Waals surface area contributed by atoms with Gasteiger partial charge in [-0.05, 0) is 87.1 Å². The third-order valence-corrected chi connectivity index (χ3v) is 7.79. The number of sulfonamides is 1. The molecule has 2 aromatic heterocycles. The molecule has 1 aliphatic rings. The Hall–Kier alpha value is -3.69. The first kappa shape index (κ1) is 25.0. The van der Waals surface area contributed by atoms with Crippen LogP contribution in [0.1, 0.15) is 40.3 Å². The number of aromatic nitrogens is 2. The Bertz CT molecular complexity index is 1550. The number of nitrogens with zero attached hydrogens (tertiary/aromatic N) is 3. The summed E-state index contributed by atoms with van der Waals surface area (Å²) < 4.78 is 28.2. The molecule has 190 valence electrons. The second kappa shape index (κ2) is 9.64. The van der Waals surface area contributed by atoms with Crippen LogP contribution in [0.4, 0.5) is 11.4 Å².